The van der Waals surface area contributed by atoms with Crippen LogP contribution in [-0.4, -0.2) is 41.5 Å². The van der Waals surface area contributed by atoms with Gasteiger partial charge in [0.05, 0.1) is 18.8 Å². The molecule has 0 radical (unpaired) electrons. The van der Waals surface area contributed by atoms with Crippen molar-refractivity contribution >= 4 is 7.82 Å². The average Bonchev–Trinajstić information content (AvgIpc) is 2.64. The van der Waals surface area contributed by atoms with Crippen LogP contribution in [-0.2, 0) is 23.1 Å². The van der Waals surface area contributed by atoms with Crippen LogP contribution in [0.5, 0.6) is 0 Å². The molecule has 2 bridgehead atoms. The van der Waals surface area contributed by atoms with Crippen molar-refractivity contribution in [2.45, 2.75) is 71.1 Å². The van der Waals surface area contributed by atoms with E-state index in [-0.39, 0.29) is 18.3 Å². The van der Waals surface area contributed by atoms with Gasteiger partial charge in [-0.15, -0.1) is 0 Å². The van der Waals surface area contributed by atoms with Gasteiger partial charge in [0.1, 0.15) is 17.8 Å². The fraction of sp³-hybridized carbons (Fsp3) is 1.00. The summed E-state index contributed by atoms with van der Waals surface area (Å²) in [6, 6.07) is 0. The highest BCUT2D eigenvalue weighted by Gasteiger charge is 2.62. The maximum atomic E-state index is 12.0. The van der Waals surface area contributed by atoms with E-state index in [0.717, 1.165) is 6.42 Å². The van der Waals surface area contributed by atoms with Gasteiger partial charge in [-0.3, -0.25) is 9.05 Å². The van der Waals surface area contributed by atoms with Gasteiger partial charge in [0.25, 0.3) is 0 Å². The molecule has 2 fully saturated rings. The molecule has 2 unspecified atom stereocenters. The Kier molecular flexibility index (Phi) is 4.65. The normalized spacial score (nSPS) is 39.7. The van der Waals surface area contributed by atoms with E-state index < -0.39 is 19.5 Å². The summed E-state index contributed by atoms with van der Waals surface area (Å²) in [7, 11) is -4.11. The van der Waals surface area contributed by atoms with Gasteiger partial charge in [0, 0.05) is 0 Å². The van der Waals surface area contributed by atoms with Gasteiger partial charge in [0.15, 0.2) is 0 Å². The van der Waals surface area contributed by atoms with Crippen molar-refractivity contribution in [1.29, 1.82) is 0 Å². The lowest BCUT2D eigenvalue weighted by molar-refractivity contribution is -0.145. The summed E-state index contributed by atoms with van der Waals surface area (Å²) in [4.78, 5) is 9.84. The molecule has 5 atom stereocenters. The molecular weight excluding hydrogens is 283 g/mol. The van der Waals surface area contributed by atoms with E-state index >= 15 is 0 Å². The minimum absolute atomic E-state index is 0.147. The van der Waals surface area contributed by atoms with Gasteiger partial charge < -0.3 is 14.4 Å². The van der Waals surface area contributed by atoms with Crippen LogP contribution in [0.3, 0.4) is 0 Å². The molecule has 0 amide bonds. The van der Waals surface area contributed by atoms with E-state index in [4.69, 9.17) is 18.5 Å². The summed E-state index contributed by atoms with van der Waals surface area (Å²) in [5.74, 6) is 0.373. The maximum Gasteiger partial charge on any atom is 0.472 e. The highest BCUT2D eigenvalue weighted by atomic mass is 31.2. The summed E-state index contributed by atoms with van der Waals surface area (Å²) >= 11 is 0. The van der Waals surface area contributed by atoms with Crippen LogP contribution in [0.15, 0.2) is 0 Å². The highest BCUT2D eigenvalue weighted by Crippen LogP contribution is 2.54. The standard InChI is InChI=1S/C13H25O6P/c1-8(2)6-13-7-16-11(10(5)17-13)12(13)19-20(14,15)18-9(3)4/h8-12H,6-7H2,1-5H3,(H,14,15)/t10-,11+,12?,13-/m0/s1. The SMILES string of the molecule is CC(C)C[C@]12CO[C@@H](C1OP(=O)(O)OC(C)C)[C@H](C)O2. The minimum Gasteiger partial charge on any atom is -0.370 e. The zero-order valence-corrected chi connectivity index (χ0v) is 13.6. The highest BCUT2D eigenvalue weighted by molar-refractivity contribution is 7.47. The van der Waals surface area contributed by atoms with E-state index in [1.54, 1.807) is 13.8 Å². The Labute approximate surface area is 120 Å². The van der Waals surface area contributed by atoms with Crippen molar-refractivity contribution in [3.63, 3.8) is 0 Å². The lowest BCUT2D eigenvalue weighted by Crippen LogP contribution is -2.42. The van der Waals surface area contributed by atoms with Crippen molar-refractivity contribution in [2.24, 2.45) is 5.92 Å². The van der Waals surface area contributed by atoms with Crippen LogP contribution >= 0.6 is 7.82 Å². The van der Waals surface area contributed by atoms with Crippen LogP contribution in [0.1, 0.15) is 41.0 Å². The van der Waals surface area contributed by atoms with E-state index in [0.29, 0.717) is 12.5 Å². The van der Waals surface area contributed by atoms with Gasteiger partial charge in [-0.1, -0.05) is 13.8 Å². The predicted molar refractivity (Wildman–Crippen MR) is 73.4 cm³/mol. The maximum absolute atomic E-state index is 12.0. The molecule has 2 aliphatic heterocycles. The Morgan fingerprint density at radius 3 is 2.55 bits per heavy atom. The second kappa shape index (κ2) is 5.67. The number of hydrogen-bond acceptors (Lipinski definition) is 5. The molecule has 118 valence electrons. The summed E-state index contributed by atoms with van der Waals surface area (Å²) < 4.78 is 34.1. The van der Waals surface area contributed by atoms with Crippen molar-refractivity contribution in [3.8, 4) is 0 Å². The van der Waals surface area contributed by atoms with E-state index in [1.165, 1.54) is 0 Å². The quantitative estimate of drug-likeness (QED) is 0.760. The van der Waals surface area contributed by atoms with Crippen molar-refractivity contribution in [1.82, 2.24) is 0 Å². The molecule has 2 saturated heterocycles. The number of fused-ring (bicyclic) bond motifs is 2. The topological polar surface area (TPSA) is 74.2 Å². The van der Waals surface area contributed by atoms with Gasteiger partial charge >= 0.3 is 7.82 Å². The zero-order chi connectivity index (χ0) is 15.1. The van der Waals surface area contributed by atoms with Crippen LogP contribution < -0.4 is 0 Å². The number of phosphoric acid groups is 1. The molecule has 20 heavy (non-hydrogen) atoms. The fourth-order valence-electron chi connectivity index (χ4n) is 3.13. The third-order valence-electron chi connectivity index (χ3n) is 3.56. The van der Waals surface area contributed by atoms with Crippen LogP contribution in [0.2, 0.25) is 0 Å². The van der Waals surface area contributed by atoms with E-state index in [2.05, 4.69) is 13.8 Å². The van der Waals surface area contributed by atoms with Crippen molar-refractivity contribution < 1.29 is 28.0 Å². The molecule has 7 heteroatoms. The Morgan fingerprint density at radius 1 is 1.40 bits per heavy atom. The van der Waals surface area contributed by atoms with Crippen molar-refractivity contribution in [2.75, 3.05) is 6.61 Å². The first-order valence-electron chi connectivity index (χ1n) is 7.14. The molecule has 0 aromatic heterocycles. The average molecular weight is 308 g/mol. The number of hydrogen-bond donors (Lipinski definition) is 1. The molecule has 0 aromatic rings. The Balaban J connectivity index is 2.15. The first-order chi connectivity index (χ1) is 9.15. The molecule has 2 rings (SSSR count). The second-order valence-corrected chi connectivity index (χ2v) is 7.77. The van der Waals surface area contributed by atoms with Gasteiger partial charge in [0.2, 0.25) is 0 Å². The van der Waals surface area contributed by atoms with Crippen LogP contribution in [0.25, 0.3) is 0 Å². The molecule has 0 aliphatic carbocycles. The smallest absolute Gasteiger partial charge is 0.370 e. The lowest BCUT2D eigenvalue weighted by Gasteiger charge is -2.32. The van der Waals surface area contributed by atoms with Gasteiger partial charge in [-0.25, -0.2) is 4.57 Å². The molecular formula is C13H25O6P. The molecule has 0 saturated carbocycles. The summed E-state index contributed by atoms with van der Waals surface area (Å²) in [5, 5.41) is 0. The molecule has 6 nitrogen and oxygen atoms in total. The molecule has 0 aromatic carbocycles. The lowest BCUT2D eigenvalue weighted by atomic mass is 9.89. The molecule has 2 heterocycles. The molecule has 0 spiro atoms. The van der Waals surface area contributed by atoms with Gasteiger partial charge in [-0.05, 0) is 33.1 Å². The summed E-state index contributed by atoms with van der Waals surface area (Å²) in [6.45, 7) is 9.83. The van der Waals surface area contributed by atoms with Crippen LogP contribution in [0.4, 0.5) is 0 Å². The molecule has 2 aliphatic rings. The third kappa shape index (κ3) is 3.26. The summed E-state index contributed by atoms with van der Waals surface area (Å²) in [6.07, 6.45) is -0.684. The minimum atomic E-state index is -4.11. The van der Waals surface area contributed by atoms with Gasteiger partial charge in [-0.2, -0.15) is 0 Å². The predicted octanol–water partition coefficient (Wildman–Crippen LogP) is 2.50. The monoisotopic (exact) mass is 308 g/mol. The fourth-order valence-corrected chi connectivity index (χ4v) is 4.31. The number of phosphoric ester groups is 1. The van der Waals surface area contributed by atoms with E-state index in [9.17, 15) is 9.46 Å². The number of rotatable bonds is 6. The molecule has 1 N–H and O–H groups in total. The van der Waals surface area contributed by atoms with Crippen molar-refractivity contribution in [3.05, 3.63) is 0 Å². The Bertz CT molecular complexity index is 398. The van der Waals surface area contributed by atoms with Crippen LogP contribution in [0, 0.1) is 5.92 Å². The first-order valence-corrected chi connectivity index (χ1v) is 8.64. The second-order valence-electron chi connectivity index (χ2n) is 6.41. The third-order valence-corrected chi connectivity index (χ3v) is 4.75. The summed E-state index contributed by atoms with van der Waals surface area (Å²) in [5.41, 5.74) is -0.642. The largest absolute Gasteiger partial charge is 0.472 e. The Morgan fingerprint density at radius 2 is 2.05 bits per heavy atom. The van der Waals surface area contributed by atoms with E-state index in [1.807, 2.05) is 6.92 Å². The first kappa shape index (κ1) is 16.4. The number of ether oxygens (including phenoxy) is 2. The Hall–Kier alpha value is 0.0300. The zero-order valence-electron chi connectivity index (χ0n) is 12.7.